The number of piperidine rings is 1. The summed E-state index contributed by atoms with van der Waals surface area (Å²) in [6, 6.07) is 7.01. The van der Waals surface area contributed by atoms with Gasteiger partial charge in [0.2, 0.25) is 0 Å². The zero-order valence-electron chi connectivity index (χ0n) is 11.8. The summed E-state index contributed by atoms with van der Waals surface area (Å²) in [4.78, 5) is 14.6. The van der Waals surface area contributed by atoms with E-state index in [-0.39, 0.29) is 23.2 Å². The molecule has 114 valence electrons. The molecule has 0 aromatic heterocycles. The lowest BCUT2D eigenvalue weighted by atomic mass is 10.0. The van der Waals surface area contributed by atoms with Gasteiger partial charge in [0.15, 0.2) is 0 Å². The minimum absolute atomic E-state index is 0.0306. The van der Waals surface area contributed by atoms with Gasteiger partial charge in [0.25, 0.3) is 5.91 Å². The lowest BCUT2D eigenvalue weighted by Gasteiger charge is -2.38. The fourth-order valence-corrected chi connectivity index (χ4v) is 4.91. The largest absolute Gasteiger partial charge is 0.333 e. The third-order valence-corrected chi connectivity index (χ3v) is 6.43. The number of carbonyl (C=O) groups is 1. The molecule has 4 nitrogen and oxygen atoms in total. The molecule has 0 saturated carbocycles. The van der Waals surface area contributed by atoms with E-state index in [4.69, 9.17) is 11.6 Å². The summed E-state index contributed by atoms with van der Waals surface area (Å²) in [6.45, 7) is 0. The minimum atomic E-state index is -3.03. The summed E-state index contributed by atoms with van der Waals surface area (Å²) in [5.41, 5.74) is 0.581. The van der Waals surface area contributed by atoms with E-state index in [0.29, 0.717) is 23.4 Å². The van der Waals surface area contributed by atoms with Crippen LogP contribution in [0.15, 0.2) is 24.3 Å². The Morgan fingerprint density at radius 2 is 1.86 bits per heavy atom. The second-order valence-electron chi connectivity index (χ2n) is 6.03. The highest BCUT2D eigenvalue weighted by Gasteiger charge is 2.45. The van der Waals surface area contributed by atoms with E-state index in [1.165, 1.54) is 6.26 Å². The van der Waals surface area contributed by atoms with Gasteiger partial charge in [-0.25, -0.2) is 8.42 Å². The molecular weight excluding hydrogens is 310 g/mol. The molecular formula is C15H18ClNO3S. The van der Waals surface area contributed by atoms with Crippen LogP contribution < -0.4 is 0 Å². The van der Waals surface area contributed by atoms with E-state index in [0.717, 1.165) is 12.8 Å². The number of benzene rings is 1. The van der Waals surface area contributed by atoms with Crippen molar-refractivity contribution in [3.05, 3.63) is 34.9 Å². The second kappa shape index (κ2) is 5.29. The zero-order valence-corrected chi connectivity index (χ0v) is 13.4. The van der Waals surface area contributed by atoms with Crippen molar-refractivity contribution in [2.75, 3.05) is 6.26 Å². The Kier molecular flexibility index (Phi) is 3.74. The Hall–Kier alpha value is -1.07. The van der Waals surface area contributed by atoms with Crippen LogP contribution in [0.3, 0.4) is 0 Å². The lowest BCUT2D eigenvalue weighted by Crippen LogP contribution is -2.49. The van der Waals surface area contributed by atoms with Crippen LogP contribution in [0.25, 0.3) is 0 Å². The molecule has 2 saturated heterocycles. The van der Waals surface area contributed by atoms with E-state index in [1.54, 1.807) is 24.3 Å². The molecule has 0 N–H and O–H groups in total. The highest BCUT2D eigenvalue weighted by atomic mass is 35.5. The Labute approximate surface area is 130 Å². The van der Waals surface area contributed by atoms with Crippen LogP contribution in [-0.2, 0) is 9.84 Å². The van der Waals surface area contributed by atoms with E-state index in [9.17, 15) is 13.2 Å². The molecule has 2 unspecified atom stereocenters. The Balaban J connectivity index is 1.84. The van der Waals surface area contributed by atoms with Crippen molar-refractivity contribution >= 4 is 27.3 Å². The van der Waals surface area contributed by atoms with Gasteiger partial charge >= 0.3 is 0 Å². The van der Waals surface area contributed by atoms with Gasteiger partial charge in [-0.3, -0.25) is 4.79 Å². The molecule has 2 bridgehead atoms. The number of hydrogen-bond donors (Lipinski definition) is 0. The first-order valence-electron chi connectivity index (χ1n) is 7.13. The molecule has 2 aliphatic rings. The number of amides is 1. The van der Waals surface area contributed by atoms with Crippen molar-refractivity contribution < 1.29 is 13.2 Å². The lowest BCUT2D eigenvalue weighted by molar-refractivity contribution is 0.0598. The number of hydrogen-bond acceptors (Lipinski definition) is 3. The van der Waals surface area contributed by atoms with Gasteiger partial charge in [0, 0.05) is 28.9 Å². The molecule has 2 heterocycles. The van der Waals surface area contributed by atoms with Gasteiger partial charge < -0.3 is 4.90 Å². The van der Waals surface area contributed by atoms with Crippen LogP contribution in [0.4, 0.5) is 0 Å². The Morgan fingerprint density at radius 3 is 2.38 bits per heavy atom. The number of halogens is 1. The summed E-state index contributed by atoms with van der Waals surface area (Å²) < 4.78 is 23.6. The molecule has 6 heteroatoms. The molecule has 0 radical (unpaired) electrons. The molecule has 1 aromatic rings. The number of nitrogens with zero attached hydrogens (tertiary/aromatic N) is 1. The van der Waals surface area contributed by atoms with Gasteiger partial charge in [0.05, 0.1) is 5.25 Å². The van der Waals surface area contributed by atoms with Crippen molar-refractivity contribution in [3.63, 3.8) is 0 Å². The molecule has 3 rings (SSSR count). The standard InChI is InChI=1S/C15H18ClNO3S/c1-21(19,20)14-8-12-5-6-13(9-14)17(12)15(18)10-3-2-4-11(16)7-10/h2-4,7,12-14H,5-6,8-9H2,1H3. The van der Waals surface area contributed by atoms with Crippen molar-refractivity contribution in [1.29, 1.82) is 0 Å². The fourth-order valence-electron chi connectivity index (χ4n) is 3.58. The van der Waals surface area contributed by atoms with Crippen molar-refractivity contribution in [2.24, 2.45) is 0 Å². The molecule has 2 aliphatic heterocycles. The van der Waals surface area contributed by atoms with Gasteiger partial charge in [-0.2, -0.15) is 0 Å². The minimum Gasteiger partial charge on any atom is -0.333 e. The average molecular weight is 328 g/mol. The number of carbonyl (C=O) groups excluding carboxylic acids is 1. The van der Waals surface area contributed by atoms with Crippen LogP contribution >= 0.6 is 11.6 Å². The topological polar surface area (TPSA) is 54.5 Å². The van der Waals surface area contributed by atoms with E-state index in [1.807, 2.05) is 4.90 Å². The second-order valence-corrected chi connectivity index (χ2v) is 8.79. The van der Waals surface area contributed by atoms with E-state index < -0.39 is 9.84 Å². The van der Waals surface area contributed by atoms with Gasteiger partial charge in [-0.15, -0.1) is 0 Å². The molecule has 21 heavy (non-hydrogen) atoms. The van der Waals surface area contributed by atoms with Crippen LogP contribution in [0.1, 0.15) is 36.0 Å². The smallest absolute Gasteiger partial charge is 0.254 e. The summed E-state index contributed by atoms with van der Waals surface area (Å²) in [5, 5.41) is 0.234. The van der Waals surface area contributed by atoms with Gasteiger partial charge in [-0.1, -0.05) is 17.7 Å². The molecule has 0 aliphatic carbocycles. The van der Waals surface area contributed by atoms with E-state index in [2.05, 4.69) is 0 Å². The van der Waals surface area contributed by atoms with Crippen LogP contribution in [-0.4, -0.2) is 42.8 Å². The van der Waals surface area contributed by atoms with Gasteiger partial charge in [0.1, 0.15) is 9.84 Å². The maximum Gasteiger partial charge on any atom is 0.254 e. The summed E-state index contributed by atoms with van der Waals surface area (Å²) in [5.74, 6) is -0.0306. The third kappa shape index (κ3) is 2.81. The molecule has 1 aromatic carbocycles. The maximum atomic E-state index is 12.7. The summed E-state index contributed by atoms with van der Waals surface area (Å²) in [7, 11) is -3.03. The quantitative estimate of drug-likeness (QED) is 0.838. The summed E-state index contributed by atoms with van der Waals surface area (Å²) >= 11 is 5.95. The van der Waals surface area contributed by atoms with Crippen LogP contribution in [0.5, 0.6) is 0 Å². The first kappa shape index (κ1) is 14.9. The normalized spacial score (nSPS) is 28.7. The van der Waals surface area contributed by atoms with E-state index >= 15 is 0 Å². The molecule has 0 spiro atoms. The Bertz CT molecular complexity index is 659. The number of sulfone groups is 1. The molecule has 1 amide bonds. The predicted molar refractivity (Wildman–Crippen MR) is 82.3 cm³/mol. The number of fused-ring (bicyclic) bond motifs is 2. The van der Waals surface area contributed by atoms with Gasteiger partial charge in [-0.05, 0) is 43.9 Å². The fraction of sp³-hybridized carbons (Fsp3) is 0.533. The SMILES string of the molecule is CS(=O)(=O)C1CC2CCC(C1)N2C(=O)c1cccc(Cl)c1. The highest BCUT2D eigenvalue weighted by Crippen LogP contribution is 2.39. The van der Waals surface area contributed by atoms with Crippen molar-refractivity contribution in [2.45, 2.75) is 43.0 Å². The van der Waals surface area contributed by atoms with Crippen molar-refractivity contribution in [3.8, 4) is 0 Å². The molecule has 2 fully saturated rings. The number of rotatable bonds is 2. The highest BCUT2D eigenvalue weighted by molar-refractivity contribution is 7.91. The predicted octanol–water partition coefficient (Wildman–Crippen LogP) is 2.52. The summed E-state index contributed by atoms with van der Waals surface area (Å²) in [6.07, 6.45) is 4.20. The van der Waals surface area contributed by atoms with Crippen LogP contribution in [0.2, 0.25) is 5.02 Å². The van der Waals surface area contributed by atoms with Crippen LogP contribution in [0, 0.1) is 0 Å². The maximum absolute atomic E-state index is 12.7. The first-order chi connectivity index (χ1) is 9.86. The third-order valence-electron chi connectivity index (χ3n) is 4.60. The van der Waals surface area contributed by atoms with Crippen molar-refractivity contribution in [1.82, 2.24) is 4.90 Å². The molecule has 2 atom stereocenters. The first-order valence-corrected chi connectivity index (χ1v) is 9.46. The zero-order chi connectivity index (χ0) is 15.2. The Morgan fingerprint density at radius 1 is 1.24 bits per heavy atom. The average Bonchev–Trinajstić information content (AvgIpc) is 2.66. The monoisotopic (exact) mass is 327 g/mol.